The fraction of sp³-hybridized carbons (Fsp3) is 0.300. The third-order valence-electron chi connectivity index (χ3n) is 3.72. The number of ether oxygens (including phenoxy) is 2. The van der Waals surface area contributed by atoms with E-state index in [0.717, 1.165) is 12.0 Å². The predicted molar refractivity (Wildman–Crippen MR) is 99.5 cm³/mol. The number of aryl methyl sites for hydroxylation is 1. The molecule has 0 spiro atoms. The molecule has 138 valence electrons. The number of hydrogen-bond donors (Lipinski definition) is 2. The largest absolute Gasteiger partial charge is 0.490 e. The van der Waals surface area contributed by atoms with E-state index in [1.54, 1.807) is 30.3 Å². The summed E-state index contributed by atoms with van der Waals surface area (Å²) in [7, 11) is 0. The molecule has 2 amide bonds. The highest BCUT2D eigenvalue weighted by atomic mass is 16.5. The summed E-state index contributed by atoms with van der Waals surface area (Å²) in [4.78, 5) is 24.4. The van der Waals surface area contributed by atoms with Crippen molar-refractivity contribution in [2.24, 2.45) is 0 Å². The number of hydrazine groups is 1. The zero-order chi connectivity index (χ0) is 18.9. The lowest BCUT2D eigenvalue weighted by atomic mass is 10.1. The normalized spacial score (nSPS) is 10.1. The van der Waals surface area contributed by atoms with Crippen LogP contribution in [0.2, 0.25) is 0 Å². The summed E-state index contributed by atoms with van der Waals surface area (Å²) < 4.78 is 11.0. The Bertz CT molecular complexity index is 757. The van der Waals surface area contributed by atoms with Crippen LogP contribution in [0.1, 0.15) is 47.1 Å². The molecule has 0 aromatic heterocycles. The van der Waals surface area contributed by atoms with Crippen LogP contribution in [0.4, 0.5) is 0 Å². The van der Waals surface area contributed by atoms with Crippen molar-refractivity contribution in [3.05, 3.63) is 59.2 Å². The third kappa shape index (κ3) is 4.99. The monoisotopic (exact) mass is 356 g/mol. The summed E-state index contributed by atoms with van der Waals surface area (Å²) >= 11 is 0. The smallest absolute Gasteiger partial charge is 0.269 e. The van der Waals surface area contributed by atoms with E-state index in [2.05, 4.69) is 10.9 Å². The summed E-state index contributed by atoms with van der Waals surface area (Å²) in [5.74, 6) is 0.249. The van der Waals surface area contributed by atoms with Gasteiger partial charge < -0.3 is 9.47 Å². The fourth-order valence-electron chi connectivity index (χ4n) is 2.34. The quantitative estimate of drug-likeness (QED) is 0.748. The van der Waals surface area contributed by atoms with Crippen LogP contribution in [0.15, 0.2) is 42.5 Å². The number of amides is 2. The molecule has 0 radical (unpaired) electrons. The van der Waals surface area contributed by atoms with Crippen LogP contribution < -0.4 is 20.3 Å². The van der Waals surface area contributed by atoms with E-state index in [9.17, 15) is 9.59 Å². The predicted octanol–water partition coefficient (Wildman–Crippen LogP) is 3.12. The second-order valence-corrected chi connectivity index (χ2v) is 5.49. The first-order valence-corrected chi connectivity index (χ1v) is 8.68. The van der Waals surface area contributed by atoms with Gasteiger partial charge in [-0.25, -0.2) is 0 Å². The van der Waals surface area contributed by atoms with Gasteiger partial charge in [-0.2, -0.15) is 0 Å². The molecule has 0 heterocycles. The zero-order valence-electron chi connectivity index (χ0n) is 15.3. The van der Waals surface area contributed by atoms with Gasteiger partial charge in [-0.3, -0.25) is 20.4 Å². The molecule has 0 aliphatic heterocycles. The van der Waals surface area contributed by atoms with E-state index < -0.39 is 5.91 Å². The first kappa shape index (κ1) is 19.3. The highest BCUT2D eigenvalue weighted by Gasteiger charge is 2.13. The first-order valence-electron chi connectivity index (χ1n) is 8.68. The molecule has 0 aliphatic carbocycles. The molecule has 6 heteroatoms. The van der Waals surface area contributed by atoms with Gasteiger partial charge in [0.2, 0.25) is 0 Å². The van der Waals surface area contributed by atoms with E-state index >= 15 is 0 Å². The topological polar surface area (TPSA) is 76.7 Å². The Kier molecular flexibility index (Phi) is 7.02. The number of benzene rings is 2. The molecule has 2 N–H and O–H groups in total. The van der Waals surface area contributed by atoms with Gasteiger partial charge in [0.15, 0.2) is 11.5 Å². The first-order chi connectivity index (χ1) is 12.6. The highest BCUT2D eigenvalue weighted by Crippen LogP contribution is 2.28. The zero-order valence-corrected chi connectivity index (χ0v) is 15.3. The van der Waals surface area contributed by atoms with E-state index in [1.165, 1.54) is 0 Å². The molecule has 0 aliphatic rings. The van der Waals surface area contributed by atoms with Gasteiger partial charge in [0.05, 0.1) is 13.2 Å². The van der Waals surface area contributed by atoms with Crippen molar-refractivity contribution in [2.75, 3.05) is 13.2 Å². The Hall–Kier alpha value is -3.02. The van der Waals surface area contributed by atoms with Crippen LogP contribution >= 0.6 is 0 Å². The molecule has 2 aromatic rings. The van der Waals surface area contributed by atoms with Gasteiger partial charge >= 0.3 is 0 Å². The molecule has 2 aromatic carbocycles. The lowest BCUT2D eigenvalue weighted by Gasteiger charge is -2.13. The van der Waals surface area contributed by atoms with Crippen molar-refractivity contribution in [3.8, 4) is 11.5 Å². The van der Waals surface area contributed by atoms with Crippen molar-refractivity contribution in [2.45, 2.75) is 27.2 Å². The standard InChI is InChI=1S/C20H24N2O4/c1-4-14-7-9-15(10-8-14)19(23)21-22-20(24)16-11-12-17(25-5-2)18(13-16)26-6-3/h7-13H,4-6H2,1-3H3,(H,21,23)(H,22,24). The van der Waals surface area contributed by atoms with Gasteiger partial charge in [-0.1, -0.05) is 19.1 Å². The minimum absolute atomic E-state index is 0.360. The Morgan fingerprint density at radius 2 is 1.31 bits per heavy atom. The van der Waals surface area contributed by atoms with Crippen molar-refractivity contribution >= 4 is 11.8 Å². The lowest BCUT2D eigenvalue weighted by molar-refractivity contribution is 0.0846. The summed E-state index contributed by atoms with van der Waals surface area (Å²) in [5.41, 5.74) is 6.81. The van der Waals surface area contributed by atoms with Crippen LogP contribution in [0.25, 0.3) is 0 Å². The van der Waals surface area contributed by atoms with E-state index in [0.29, 0.717) is 35.8 Å². The number of hydrogen-bond acceptors (Lipinski definition) is 4. The minimum Gasteiger partial charge on any atom is -0.490 e. The Labute approximate surface area is 153 Å². The maximum Gasteiger partial charge on any atom is 0.269 e. The average Bonchev–Trinajstić information content (AvgIpc) is 2.67. The Morgan fingerprint density at radius 1 is 0.769 bits per heavy atom. The van der Waals surface area contributed by atoms with Crippen molar-refractivity contribution in [1.82, 2.24) is 10.9 Å². The van der Waals surface area contributed by atoms with Crippen LogP contribution in [-0.2, 0) is 6.42 Å². The van der Waals surface area contributed by atoms with Crippen molar-refractivity contribution in [1.29, 1.82) is 0 Å². The molecular weight excluding hydrogens is 332 g/mol. The molecular formula is C20H24N2O4. The summed E-state index contributed by atoms with van der Waals surface area (Å²) in [6, 6.07) is 12.1. The second kappa shape index (κ2) is 9.46. The van der Waals surface area contributed by atoms with Crippen LogP contribution in [-0.4, -0.2) is 25.0 Å². The number of carbonyl (C=O) groups excluding carboxylic acids is 2. The molecule has 0 saturated carbocycles. The van der Waals surface area contributed by atoms with Gasteiger partial charge in [-0.05, 0) is 56.2 Å². The number of carbonyl (C=O) groups is 2. The average molecular weight is 356 g/mol. The Morgan fingerprint density at radius 3 is 1.88 bits per heavy atom. The molecule has 0 fully saturated rings. The van der Waals surface area contributed by atoms with Crippen LogP contribution in [0.5, 0.6) is 11.5 Å². The minimum atomic E-state index is -0.437. The molecule has 0 saturated heterocycles. The molecule has 0 unspecified atom stereocenters. The second-order valence-electron chi connectivity index (χ2n) is 5.49. The molecule has 0 atom stereocenters. The Balaban J connectivity index is 2.02. The van der Waals surface area contributed by atoms with E-state index in [4.69, 9.17) is 9.47 Å². The summed E-state index contributed by atoms with van der Waals surface area (Å²) in [5, 5.41) is 0. The van der Waals surface area contributed by atoms with Gasteiger partial charge in [0.25, 0.3) is 11.8 Å². The molecule has 26 heavy (non-hydrogen) atoms. The molecule has 6 nitrogen and oxygen atoms in total. The summed E-state index contributed by atoms with van der Waals surface area (Å²) in [6.45, 7) is 6.72. The number of nitrogens with one attached hydrogen (secondary N) is 2. The van der Waals surface area contributed by atoms with Gasteiger partial charge in [0.1, 0.15) is 0 Å². The SMILES string of the molecule is CCOc1ccc(C(=O)NNC(=O)c2ccc(CC)cc2)cc1OCC. The van der Waals surface area contributed by atoms with Crippen LogP contribution in [0, 0.1) is 0 Å². The highest BCUT2D eigenvalue weighted by molar-refractivity contribution is 5.99. The van der Waals surface area contributed by atoms with Gasteiger partial charge in [0, 0.05) is 11.1 Å². The summed E-state index contributed by atoms with van der Waals surface area (Å²) in [6.07, 6.45) is 0.901. The van der Waals surface area contributed by atoms with Gasteiger partial charge in [-0.15, -0.1) is 0 Å². The maximum absolute atomic E-state index is 12.3. The van der Waals surface area contributed by atoms with E-state index in [1.807, 2.05) is 32.9 Å². The maximum atomic E-state index is 12.3. The molecule has 2 rings (SSSR count). The van der Waals surface area contributed by atoms with Crippen LogP contribution in [0.3, 0.4) is 0 Å². The van der Waals surface area contributed by atoms with E-state index in [-0.39, 0.29) is 5.91 Å². The fourth-order valence-corrected chi connectivity index (χ4v) is 2.34. The van der Waals surface area contributed by atoms with Crippen molar-refractivity contribution in [3.63, 3.8) is 0 Å². The lowest BCUT2D eigenvalue weighted by Crippen LogP contribution is -2.41. The third-order valence-corrected chi connectivity index (χ3v) is 3.72. The molecule has 0 bridgehead atoms. The van der Waals surface area contributed by atoms with Crippen molar-refractivity contribution < 1.29 is 19.1 Å². The number of rotatable bonds is 7.